The van der Waals surface area contributed by atoms with Crippen LogP contribution in [0.5, 0.6) is 5.75 Å². The molecule has 12 heteroatoms. The van der Waals surface area contributed by atoms with Crippen LogP contribution in [0.4, 0.5) is 0 Å². The second kappa shape index (κ2) is 11.2. The van der Waals surface area contributed by atoms with E-state index in [1.165, 1.54) is 27.7 Å². The zero-order valence-electron chi connectivity index (χ0n) is 21.8. The first-order chi connectivity index (χ1) is 18.1. The summed E-state index contributed by atoms with van der Waals surface area (Å²) in [5.74, 6) is -1.94. The van der Waals surface area contributed by atoms with Gasteiger partial charge in [0.1, 0.15) is 18.5 Å². The van der Waals surface area contributed by atoms with Gasteiger partial charge in [-0.05, 0) is 42.2 Å². The van der Waals surface area contributed by atoms with Gasteiger partial charge in [-0.2, -0.15) is 5.10 Å². The Kier molecular flexibility index (Phi) is 8.00. The molecule has 4 rings (SSSR count). The number of hydrogen-bond acceptors (Lipinski definition) is 11. The van der Waals surface area contributed by atoms with E-state index in [0.29, 0.717) is 12.2 Å². The molecule has 38 heavy (non-hydrogen) atoms. The molecule has 1 aromatic heterocycles. The van der Waals surface area contributed by atoms with Crippen molar-refractivity contribution in [3.05, 3.63) is 35.5 Å². The monoisotopic (exact) mass is 530 g/mol. The molecule has 2 aromatic rings. The van der Waals surface area contributed by atoms with Crippen molar-refractivity contribution in [2.75, 3.05) is 13.7 Å². The zero-order valence-corrected chi connectivity index (χ0v) is 21.8. The van der Waals surface area contributed by atoms with Crippen LogP contribution < -0.4 is 4.74 Å². The highest BCUT2D eigenvalue weighted by Gasteiger charge is 2.53. The van der Waals surface area contributed by atoms with E-state index in [9.17, 15) is 19.2 Å². The summed E-state index contributed by atoms with van der Waals surface area (Å²) in [5.41, 5.74) is 3.59. The average molecular weight is 531 g/mol. The predicted octanol–water partition coefficient (Wildman–Crippen LogP) is 1.91. The molecule has 1 aliphatic carbocycles. The highest BCUT2D eigenvalue weighted by molar-refractivity contribution is 5.71. The molecule has 1 aliphatic heterocycles. The van der Waals surface area contributed by atoms with Crippen molar-refractivity contribution >= 4 is 23.9 Å². The van der Waals surface area contributed by atoms with Crippen LogP contribution in [0.25, 0.3) is 11.3 Å². The second-order valence-corrected chi connectivity index (χ2v) is 9.08. The predicted molar refractivity (Wildman–Crippen MR) is 129 cm³/mol. The Bertz CT molecular complexity index is 1240. The topological polar surface area (TPSA) is 141 Å². The van der Waals surface area contributed by atoms with Crippen LogP contribution in [-0.2, 0) is 55.7 Å². The fourth-order valence-corrected chi connectivity index (χ4v) is 4.88. The molecule has 0 saturated carbocycles. The Morgan fingerprint density at radius 1 is 0.895 bits per heavy atom. The SMILES string of the molecule is COc1ccc2c(c1)CCc1cnn([C@H]3O[C@H](COC(C)=O)[C@@H](OC(C)=O)[C@H](OC(C)=O)[C@H]3OC(C)=O)c1-2. The molecule has 0 spiro atoms. The van der Waals surface area contributed by atoms with Gasteiger partial charge in [0.05, 0.1) is 19.0 Å². The standard InChI is InChI=1S/C26H30N2O10/c1-13(29)34-12-21-23(35-14(2)30)24(36-15(3)31)25(37-16(4)32)26(38-21)28-22-18(11-27-28)7-6-17-10-19(33-5)8-9-20(17)22/h8-11,21,23-26H,6-7,12H2,1-5H3/t21-,23-,24+,25-,26+/m1/s1. The molecule has 1 fully saturated rings. The van der Waals surface area contributed by atoms with E-state index in [2.05, 4.69) is 5.10 Å². The first kappa shape index (κ1) is 27.1. The summed E-state index contributed by atoms with van der Waals surface area (Å²) in [6.45, 7) is 4.47. The molecule has 2 aliphatic rings. The number of nitrogens with zero attached hydrogens (tertiary/aromatic N) is 2. The molecular weight excluding hydrogens is 500 g/mol. The Labute approximate surface area is 219 Å². The van der Waals surface area contributed by atoms with Gasteiger partial charge in [-0.1, -0.05) is 0 Å². The third kappa shape index (κ3) is 5.64. The van der Waals surface area contributed by atoms with Crippen molar-refractivity contribution < 1.29 is 47.6 Å². The van der Waals surface area contributed by atoms with E-state index < -0.39 is 54.5 Å². The number of benzene rings is 1. The lowest BCUT2D eigenvalue weighted by Gasteiger charge is -2.44. The fourth-order valence-electron chi connectivity index (χ4n) is 4.88. The van der Waals surface area contributed by atoms with E-state index in [-0.39, 0.29) is 6.61 Å². The lowest BCUT2D eigenvalue weighted by molar-refractivity contribution is -0.270. The van der Waals surface area contributed by atoms with Crippen molar-refractivity contribution in [3.63, 3.8) is 0 Å². The van der Waals surface area contributed by atoms with Gasteiger partial charge in [-0.15, -0.1) is 0 Å². The van der Waals surface area contributed by atoms with Crippen molar-refractivity contribution in [1.29, 1.82) is 0 Å². The molecule has 0 unspecified atom stereocenters. The lowest BCUT2D eigenvalue weighted by Crippen LogP contribution is -2.60. The maximum absolute atomic E-state index is 12.2. The van der Waals surface area contributed by atoms with E-state index in [1.807, 2.05) is 18.2 Å². The van der Waals surface area contributed by atoms with Gasteiger partial charge in [0.2, 0.25) is 0 Å². The van der Waals surface area contributed by atoms with E-state index in [0.717, 1.165) is 28.8 Å². The fraction of sp³-hybridized carbons (Fsp3) is 0.500. The Morgan fingerprint density at radius 2 is 1.53 bits per heavy atom. The quantitative estimate of drug-likeness (QED) is 0.383. The van der Waals surface area contributed by atoms with Gasteiger partial charge in [0, 0.05) is 33.3 Å². The highest BCUT2D eigenvalue weighted by Crippen LogP contribution is 2.41. The van der Waals surface area contributed by atoms with Gasteiger partial charge < -0.3 is 28.4 Å². The molecule has 12 nitrogen and oxygen atoms in total. The lowest BCUT2D eigenvalue weighted by atomic mass is 9.89. The Balaban J connectivity index is 1.84. The molecule has 0 radical (unpaired) electrons. The van der Waals surface area contributed by atoms with Crippen LogP contribution in [0, 0.1) is 0 Å². The maximum atomic E-state index is 12.2. The third-order valence-electron chi connectivity index (χ3n) is 6.31. The van der Waals surface area contributed by atoms with E-state index >= 15 is 0 Å². The number of hydrogen-bond donors (Lipinski definition) is 0. The summed E-state index contributed by atoms with van der Waals surface area (Å²) in [6.07, 6.45) is -2.78. The second-order valence-electron chi connectivity index (χ2n) is 9.08. The minimum Gasteiger partial charge on any atom is -0.497 e. The van der Waals surface area contributed by atoms with E-state index in [4.69, 9.17) is 28.4 Å². The number of rotatable bonds is 7. The Hall–Kier alpha value is -3.93. The van der Waals surface area contributed by atoms with Crippen molar-refractivity contribution in [3.8, 4) is 17.0 Å². The number of carbonyl (C=O) groups excluding carboxylic acids is 4. The summed E-state index contributed by atoms with van der Waals surface area (Å²) in [5, 5.41) is 4.56. The van der Waals surface area contributed by atoms with Gasteiger partial charge in [-0.25, -0.2) is 4.68 Å². The number of fused-ring (bicyclic) bond motifs is 3. The molecule has 2 heterocycles. The number of methoxy groups -OCH3 is 1. The molecule has 1 saturated heterocycles. The van der Waals surface area contributed by atoms with Crippen LogP contribution in [-0.4, -0.2) is 71.8 Å². The number of aryl methyl sites for hydroxylation is 2. The van der Waals surface area contributed by atoms with Gasteiger partial charge in [-0.3, -0.25) is 19.2 Å². The number of carbonyl (C=O) groups is 4. The van der Waals surface area contributed by atoms with Crippen LogP contribution in [0.15, 0.2) is 24.4 Å². The smallest absolute Gasteiger partial charge is 0.303 e. The number of ether oxygens (including phenoxy) is 6. The molecule has 0 amide bonds. The molecular formula is C26H30N2O10. The van der Waals surface area contributed by atoms with Crippen LogP contribution in [0.3, 0.4) is 0 Å². The van der Waals surface area contributed by atoms with Gasteiger partial charge >= 0.3 is 23.9 Å². The van der Waals surface area contributed by atoms with Crippen LogP contribution in [0.2, 0.25) is 0 Å². The first-order valence-corrected chi connectivity index (χ1v) is 12.1. The molecule has 1 aromatic carbocycles. The highest BCUT2D eigenvalue weighted by atomic mass is 16.7. The number of esters is 4. The number of aromatic nitrogens is 2. The normalized spacial score (nSPS) is 23.9. The average Bonchev–Trinajstić information content (AvgIpc) is 3.28. The minimum atomic E-state index is -1.28. The summed E-state index contributed by atoms with van der Waals surface area (Å²) in [4.78, 5) is 47.9. The summed E-state index contributed by atoms with van der Waals surface area (Å²) in [7, 11) is 1.59. The van der Waals surface area contributed by atoms with Crippen molar-refractivity contribution in [2.45, 2.75) is 71.2 Å². The third-order valence-corrected chi connectivity index (χ3v) is 6.31. The van der Waals surface area contributed by atoms with Crippen LogP contribution in [0.1, 0.15) is 45.0 Å². The summed E-state index contributed by atoms with van der Waals surface area (Å²) in [6, 6.07) is 5.69. The largest absolute Gasteiger partial charge is 0.497 e. The van der Waals surface area contributed by atoms with Crippen LogP contribution >= 0.6 is 0 Å². The Morgan fingerprint density at radius 3 is 2.16 bits per heavy atom. The van der Waals surface area contributed by atoms with Gasteiger partial charge in [0.15, 0.2) is 24.5 Å². The van der Waals surface area contributed by atoms with Crippen molar-refractivity contribution in [2.24, 2.45) is 0 Å². The summed E-state index contributed by atoms with van der Waals surface area (Å²) < 4.78 is 35.0. The first-order valence-electron chi connectivity index (χ1n) is 12.1. The molecule has 0 N–H and O–H groups in total. The molecule has 204 valence electrons. The maximum Gasteiger partial charge on any atom is 0.303 e. The van der Waals surface area contributed by atoms with Crippen molar-refractivity contribution in [1.82, 2.24) is 9.78 Å². The minimum absolute atomic E-state index is 0.314. The van der Waals surface area contributed by atoms with Gasteiger partial charge in [0.25, 0.3) is 0 Å². The van der Waals surface area contributed by atoms with E-state index in [1.54, 1.807) is 18.0 Å². The zero-order chi connectivity index (χ0) is 27.6. The molecule has 0 bridgehead atoms. The molecule has 5 atom stereocenters. The summed E-state index contributed by atoms with van der Waals surface area (Å²) >= 11 is 0.